The van der Waals surface area contributed by atoms with Crippen molar-refractivity contribution in [3.63, 3.8) is 0 Å². The highest BCUT2D eigenvalue weighted by Crippen LogP contribution is 2.40. The fourth-order valence-corrected chi connectivity index (χ4v) is 3.49. The highest BCUT2D eigenvalue weighted by molar-refractivity contribution is 5.34. The Bertz CT molecular complexity index is 381. The van der Waals surface area contributed by atoms with E-state index in [-0.39, 0.29) is 0 Å². The van der Waals surface area contributed by atoms with Gasteiger partial charge in [-0.3, -0.25) is 0 Å². The van der Waals surface area contributed by atoms with Crippen molar-refractivity contribution in [2.24, 2.45) is 17.8 Å². The second-order valence-corrected chi connectivity index (χ2v) is 5.56. The lowest BCUT2D eigenvalue weighted by Gasteiger charge is -2.33. The molecule has 0 radical (unpaired) electrons. The van der Waals surface area contributed by atoms with Crippen molar-refractivity contribution in [1.82, 2.24) is 0 Å². The van der Waals surface area contributed by atoms with E-state index in [0.717, 1.165) is 5.92 Å². The van der Waals surface area contributed by atoms with Crippen molar-refractivity contribution >= 4 is 0 Å². The van der Waals surface area contributed by atoms with Crippen LogP contribution in [0.4, 0.5) is 0 Å². The second-order valence-electron chi connectivity index (χ2n) is 5.56. The van der Waals surface area contributed by atoms with Gasteiger partial charge in [0.2, 0.25) is 0 Å². The Hall–Kier alpha value is -1.04. The summed E-state index contributed by atoms with van der Waals surface area (Å²) in [5.74, 6) is 2.02. The Labute approximate surface area is 105 Å². The van der Waals surface area contributed by atoms with Gasteiger partial charge in [0, 0.05) is 11.8 Å². The summed E-state index contributed by atoms with van der Waals surface area (Å²) in [6, 6.07) is 0. The molecule has 0 amide bonds. The van der Waals surface area contributed by atoms with Crippen molar-refractivity contribution < 1.29 is 0 Å². The van der Waals surface area contributed by atoms with Gasteiger partial charge in [0.25, 0.3) is 0 Å². The predicted octanol–water partition coefficient (Wildman–Crippen LogP) is 4.81. The standard InChI is InChI=1S/C17H22/c1-2-4-10-16-14-8-6-7-9-15(13-12-14)17(16)11-5-3-1/h6-10,12-15,17H,1-5,11H2/b8-6-,9-7?,16-10-/t14-,15+,17-/m1/s1. The van der Waals surface area contributed by atoms with Crippen LogP contribution in [0.2, 0.25) is 0 Å². The molecule has 17 heavy (non-hydrogen) atoms. The molecule has 0 unspecified atom stereocenters. The molecule has 0 nitrogen and oxygen atoms in total. The fraction of sp³-hybridized carbons (Fsp3) is 0.529. The van der Waals surface area contributed by atoms with Crippen molar-refractivity contribution in [2.75, 3.05) is 0 Å². The summed E-state index contributed by atoms with van der Waals surface area (Å²) in [7, 11) is 0. The van der Waals surface area contributed by atoms with Crippen LogP contribution < -0.4 is 0 Å². The summed E-state index contributed by atoms with van der Waals surface area (Å²) < 4.78 is 0. The van der Waals surface area contributed by atoms with Crippen LogP contribution >= 0.6 is 0 Å². The molecular weight excluding hydrogens is 204 g/mol. The molecule has 0 saturated carbocycles. The van der Waals surface area contributed by atoms with Crippen LogP contribution in [0.25, 0.3) is 0 Å². The molecule has 0 aromatic rings. The Morgan fingerprint density at radius 3 is 2.71 bits per heavy atom. The third-order valence-corrected chi connectivity index (χ3v) is 4.43. The van der Waals surface area contributed by atoms with Crippen LogP contribution in [0.1, 0.15) is 38.5 Å². The molecule has 0 N–H and O–H groups in total. The van der Waals surface area contributed by atoms with Gasteiger partial charge in [-0.05, 0) is 25.2 Å². The first-order valence-electron chi connectivity index (χ1n) is 7.18. The number of hydrogen-bond acceptors (Lipinski definition) is 0. The van der Waals surface area contributed by atoms with E-state index in [1.165, 1.54) is 38.5 Å². The molecule has 4 rings (SSSR count). The van der Waals surface area contributed by atoms with Crippen LogP contribution in [-0.4, -0.2) is 0 Å². The molecule has 0 heteroatoms. The molecule has 4 aliphatic carbocycles. The number of allylic oxidation sites excluding steroid dienone is 8. The quantitative estimate of drug-likeness (QED) is 0.520. The molecule has 0 heterocycles. The number of fused-ring (bicyclic) bond motifs is 1. The van der Waals surface area contributed by atoms with Crippen LogP contribution in [-0.2, 0) is 0 Å². The van der Waals surface area contributed by atoms with E-state index in [1.807, 2.05) is 0 Å². The second kappa shape index (κ2) is 5.08. The van der Waals surface area contributed by atoms with Crippen molar-refractivity contribution in [1.29, 1.82) is 0 Å². The minimum absolute atomic E-state index is 0.583. The monoisotopic (exact) mass is 226 g/mol. The predicted molar refractivity (Wildman–Crippen MR) is 73.7 cm³/mol. The Balaban J connectivity index is 1.95. The van der Waals surface area contributed by atoms with Gasteiger partial charge in [0.1, 0.15) is 0 Å². The molecule has 3 atom stereocenters. The smallest absolute Gasteiger partial charge is 0.0163 e. The zero-order valence-corrected chi connectivity index (χ0v) is 10.5. The molecule has 0 aromatic heterocycles. The van der Waals surface area contributed by atoms with Crippen molar-refractivity contribution in [2.45, 2.75) is 38.5 Å². The molecule has 0 spiro atoms. The van der Waals surface area contributed by atoms with E-state index in [2.05, 4.69) is 42.5 Å². The van der Waals surface area contributed by atoms with E-state index < -0.39 is 0 Å². The van der Waals surface area contributed by atoms with Gasteiger partial charge in [-0.2, -0.15) is 0 Å². The zero-order valence-electron chi connectivity index (χ0n) is 10.5. The van der Waals surface area contributed by atoms with Gasteiger partial charge in [0.15, 0.2) is 0 Å². The summed E-state index contributed by atoms with van der Waals surface area (Å²) in [4.78, 5) is 0. The maximum atomic E-state index is 2.56. The molecular formula is C17H22. The minimum atomic E-state index is 0.583. The lowest BCUT2D eigenvalue weighted by atomic mass is 9.71. The third kappa shape index (κ3) is 2.31. The molecule has 0 aromatic carbocycles. The Morgan fingerprint density at radius 1 is 0.824 bits per heavy atom. The first-order chi connectivity index (χ1) is 8.45. The highest BCUT2D eigenvalue weighted by Gasteiger charge is 2.29. The van der Waals surface area contributed by atoms with E-state index in [1.54, 1.807) is 5.57 Å². The molecule has 0 saturated heterocycles. The van der Waals surface area contributed by atoms with Gasteiger partial charge in [0.05, 0.1) is 0 Å². The van der Waals surface area contributed by atoms with Crippen LogP contribution in [0.5, 0.6) is 0 Å². The fourth-order valence-electron chi connectivity index (χ4n) is 3.49. The van der Waals surface area contributed by atoms with E-state index in [9.17, 15) is 0 Å². The van der Waals surface area contributed by atoms with Crippen molar-refractivity contribution in [3.8, 4) is 0 Å². The first-order valence-corrected chi connectivity index (χ1v) is 7.18. The van der Waals surface area contributed by atoms with Crippen LogP contribution in [0.15, 0.2) is 48.1 Å². The lowest BCUT2D eigenvalue weighted by molar-refractivity contribution is 0.428. The molecule has 0 fully saturated rings. The molecule has 4 aliphatic rings. The van der Waals surface area contributed by atoms with Crippen LogP contribution in [0, 0.1) is 17.8 Å². The summed E-state index contributed by atoms with van der Waals surface area (Å²) >= 11 is 0. The summed E-state index contributed by atoms with van der Waals surface area (Å²) in [6.07, 6.45) is 24.9. The molecule has 2 bridgehead atoms. The third-order valence-electron chi connectivity index (χ3n) is 4.43. The van der Waals surface area contributed by atoms with E-state index in [0.29, 0.717) is 11.8 Å². The summed E-state index contributed by atoms with van der Waals surface area (Å²) in [5, 5.41) is 0. The van der Waals surface area contributed by atoms with E-state index in [4.69, 9.17) is 0 Å². The van der Waals surface area contributed by atoms with Crippen molar-refractivity contribution in [3.05, 3.63) is 48.1 Å². The Morgan fingerprint density at radius 2 is 1.71 bits per heavy atom. The maximum absolute atomic E-state index is 2.56. The van der Waals surface area contributed by atoms with Gasteiger partial charge < -0.3 is 0 Å². The largest absolute Gasteiger partial charge is 0.0841 e. The SMILES string of the molecule is C1=C[C@H]2C=C[C@@H](/C=C\1)/C1=C/CCCCCC[C@@H]12. The minimum Gasteiger partial charge on any atom is -0.0841 e. The Kier molecular flexibility index (Phi) is 3.31. The lowest BCUT2D eigenvalue weighted by Crippen LogP contribution is -2.23. The number of rotatable bonds is 0. The topological polar surface area (TPSA) is 0 Å². The maximum Gasteiger partial charge on any atom is 0.0163 e. The highest BCUT2D eigenvalue weighted by atomic mass is 14.3. The van der Waals surface area contributed by atoms with Gasteiger partial charge in [-0.15, -0.1) is 0 Å². The first kappa shape index (κ1) is 11.1. The van der Waals surface area contributed by atoms with Gasteiger partial charge in [-0.25, -0.2) is 0 Å². The number of hydrogen-bond donors (Lipinski definition) is 0. The summed E-state index contributed by atoms with van der Waals surface area (Å²) in [6.45, 7) is 0. The zero-order chi connectivity index (χ0) is 11.5. The molecule has 0 aliphatic heterocycles. The van der Waals surface area contributed by atoms with Gasteiger partial charge in [-0.1, -0.05) is 67.4 Å². The molecule has 90 valence electrons. The van der Waals surface area contributed by atoms with Crippen LogP contribution in [0.3, 0.4) is 0 Å². The summed E-state index contributed by atoms with van der Waals surface area (Å²) in [5.41, 5.74) is 1.71. The normalized spacial score (nSPS) is 41.2. The average Bonchev–Trinajstić information content (AvgIpc) is 2.41. The average molecular weight is 226 g/mol. The van der Waals surface area contributed by atoms with E-state index >= 15 is 0 Å². The van der Waals surface area contributed by atoms with Gasteiger partial charge >= 0.3 is 0 Å².